The fourth-order valence-electron chi connectivity index (χ4n) is 2.12. The first-order valence-corrected chi connectivity index (χ1v) is 6.71. The van der Waals surface area contributed by atoms with Gasteiger partial charge >= 0.3 is 0 Å². The summed E-state index contributed by atoms with van der Waals surface area (Å²) in [6, 6.07) is 11.4. The van der Waals surface area contributed by atoms with Crippen LogP contribution in [0.4, 0.5) is 0 Å². The molecule has 0 spiro atoms. The Hall–Kier alpha value is -2.89. The van der Waals surface area contributed by atoms with Crippen molar-refractivity contribution in [3.63, 3.8) is 0 Å². The van der Waals surface area contributed by atoms with Gasteiger partial charge in [-0.25, -0.2) is 4.98 Å². The average Bonchev–Trinajstić information content (AvgIpc) is 3.00. The van der Waals surface area contributed by atoms with Crippen LogP contribution in [-0.2, 0) is 0 Å². The number of rotatable bonds is 4. The molecule has 22 heavy (non-hydrogen) atoms. The maximum absolute atomic E-state index is 5.36. The third-order valence-corrected chi connectivity index (χ3v) is 3.19. The van der Waals surface area contributed by atoms with Gasteiger partial charge in [0, 0.05) is 12.5 Å². The third kappa shape index (κ3) is 2.63. The van der Waals surface area contributed by atoms with Crippen LogP contribution in [0, 0.1) is 6.92 Å². The van der Waals surface area contributed by atoms with Gasteiger partial charge < -0.3 is 14.0 Å². The molecule has 3 aromatic rings. The summed E-state index contributed by atoms with van der Waals surface area (Å²) in [6.45, 7) is 1.74. The molecule has 0 amide bonds. The predicted octanol–water partition coefficient (Wildman–Crippen LogP) is 3.12. The van der Waals surface area contributed by atoms with E-state index in [2.05, 4.69) is 15.1 Å². The molecule has 0 saturated carbocycles. The minimum absolute atomic E-state index is 0.445. The van der Waals surface area contributed by atoms with Gasteiger partial charge in [-0.1, -0.05) is 17.3 Å². The second-order valence-corrected chi connectivity index (χ2v) is 4.62. The van der Waals surface area contributed by atoms with Crippen LogP contribution in [0.5, 0.6) is 11.6 Å². The fraction of sp³-hybridized carbons (Fsp3) is 0.188. The van der Waals surface area contributed by atoms with Crippen molar-refractivity contribution < 1.29 is 14.0 Å². The molecule has 0 bridgehead atoms. The van der Waals surface area contributed by atoms with Crippen molar-refractivity contribution in [1.29, 1.82) is 0 Å². The normalized spacial score (nSPS) is 10.5. The lowest BCUT2D eigenvalue weighted by atomic mass is 10.1. The van der Waals surface area contributed by atoms with Crippen molar-refractivity contribution in [2.75, 3.05) is 14.2 Å². The lowest BCUT2D eigenvalue weighted by molar-refractivity contribution is 0.390. The lowest BCUT2D eigenvalue weighted by Crippen LogP contribution is -1.95. The van der Waals surface area contributed by atoms with Gasteiger partial charge in [-0.3, -0.25) is 0 Å². The molecule has 0 aliphatic heterocycles. The van der Waals surface area contributed by atoms with Gasteiger partial charge in [0.05, 0.1) is 25.5 Å². The van der Waals surface area contributed by atoms with E-state index in [1.165, 1.54) is 0 Å². The van der Waals surface area contributed by atoms with Crippen molar-refractivity contribution in [2.24, 2.45) is 0 Å². The highest BCUT2D eigenvalue weighted by molar-refractivity contribution is 5.68. The van der Waals surface area contributed by atoms with Gasteiger partial charge in [0.25, 0.3) is 0 Å². The van der Waals surface area contributed by atoms with Crippen molar-refractivity contribution in [1.82, 2.24) is 15.1 Å². The van der Waals surface area contributed by atoms with Gasteiger partial charge in [0.15, 0.2) is 0 Å². The summed E-state index contributed by atoms with van der Waals surface area (Å²) >= 11 is 0. The number of ether oxygens (including phenoxy) is 2. The molecule has 0 fully saturated rings. The standard InChI is InChI=1S/C16H15N3O3/c1-10-17-15(19-22-10)13-7-8-14(18-16(13)21-3)11-5-4-6-12(9-11)20-2/h4-9H,1-3H3. The van der Waals surface area contributed by atoms with Gasteiger partial charge in [0.2, 0.25) is 17.6 Å². The first-order valence-electron chi connectivity index (χ1n) is 6.71. The first kappa shape index (κ1) is 14.1. The number of aryl methyl sites for hydroxylation is 1. The summed E-state index contributed by atoms with van der Waals surface area (Å²) in [5.74, 6) is 2.17. The highest BCUT2D eigenvalue weighted by atomic mass is 16.5. The summed E-state index contributed by atoms with van der Waals surface area (Å²) < 4.78 is 15.6. The Bertz CT molecular complexity index is 799. The lowest BCUT2D eigenvalue weighted by Gasteiger charge is -2.08. The number of benzene rings is 1. The third-order valence-electron chi connectivity index (χ3n) is 3.19. The molecule has 3 rings (SSSR count). The summed E-state index contributed by atoms with van der Waals surface area (Å²) in [5.41, 5.74) is 2.40. The Morgan fingerprint density at radius 3 is 2.55 bits per heavy atom. The summed E-state index contributed by atoms with van der Waals surface area (Å²) in [6.07, 6.45) is 0. The van der Waals surface area contributed by atoms with Crippen LogP contribution in [0.2, 0.25) is 0 Å². The van der Waals surface area contributed by atoms with Gasteiger partial charge in [-0.2, -0.15) is 4.98 Å². The Morgan fingerprint density at radius 2 is 1.86 bits per heavy atom. The largest absolute Gasteiger partial charge is 0.497 e. The smallest absolute Gasteiger partial charge is 0.225 e. The van der Waals surface area contributed by atoms with Crippen LogP contribution in [0.15, 0.2) is 40.9 Å². The SMILES string of the molecule is COc1cccc(-c2ccc(-c3noc(C)n3)c(OC)n2)c1. The second-order valence-electron chi connectivity index (χ2n) is 4.62. The van der Waals surface area contributed by atoms with Crippen LogP contribution in [-0.4, -0.2) is 29.3 Å². The van der Waals surface area contributed by atoms with Crippen LogP contribution < -0.4 is 9.47 Å². The molecule has 0 aliphatic carbocycles. The van der Waals surface area contributed by atoms with E-state index in [0.29, 0.717) is 23.2 Å². The minimum atomic E-state index is 0.445. The first-order chi connectivity index (χ1) is 10.7. The number of hydrogen-bond donors (Lipinski definition) is 0. The zero-order valence-electron chi connectivity index (χ0n) is 12.5. The Labute approximate surface area is 127 Å². The Balaban J connectivity index is 2.04. The van der Waals surface area contributed by atoms with Crippen molar-refractivity contribution >= 4 is 0 Å². The van der Waals surface area contributed by atoms with E-state index in [1.807, 2.05) is 36.4 Å². The van der Waals surface area contributed by atoms with Crippen molar-refractivity contribution in [3.8, 4) is 34.3 Å². The number of aromatic nitrogens is 3. The molecule has 0 unspecified atom stereocenters. The van der Waals surface area contributed by atoms with E-state index in [0.717, 1.165) is 17.0 Å². The fourth-order valence-corrected chi connectivity index (χ4v) is 2.12. The molecule has 1 aromatic carbocycles. The second kappa shape index (κ2) is 5.85. The molecule has 6 heteroatoms. The quantitative estimate of drug-likeness (QED) is 0.737. The zero-order valence-corrected chi connectivity index (χ0v) is 12.5. The molecule has 2 aromatic heterocycles. The van der Waals surface area contributed by atoms with Gasteiger partial charge in [0.1, 0.15) is 5.75 Å². The maximum atomic E-state index is 5.36. The van der Waals surface area contributed by atoms with Crippen LogP contribution in [0.1, 0.15) is 5.89 Å². The van der Waals surface area contributed by atoms with E-state index in [9.17, 15) is 0 Å². The molecule has 0 aliphatic rings. The predicted molar refractivity (Wildman–Crippen MR) is 80.8 cm³/mol. The van der Waals surface area contributed by atoms with E-state index >= 15 is 0 Å². The van der Waals surface area contributed by atoms with Crippen molar-refractivity contribution in [2.45, 2.75) is 6.92 Å². The molecule has 0 N–H and O–H groups in total. The number of methoxy groups -OCH3 is 2. The monoisotopic (exact) mass is 297 g/mol. The van der Waals surface area contributed by atoms with Gasteiger partial charge in [-0.05, 0) is 24.3 Å². The number of nitrogens with zero attached hydrogens (tertiary/aromatic N) is 3. The van der Waals surface area contributed by atoms with Gasteiger partial charge in [-0.15, -0.1) is 0 Å². The highest BCUT2D eigenvalue weighted by Gasteiger charge is 2.14. The molecule has 0 saturated heterocycles. The Morgan fingerprint density at radius 1 is 1.00 bits per heavy atom. The topological polar surface area (TPSA) is 70.3 Å². The minimum Gasteiger partial charge on any atom is -0.497 e. The summed E-state index contributed by atoms with van der Waals surface area (Å²) in [7, 11) is 3.20. The molecule has 0 atom stereocenters. The van der Waals surface area contributed by atoms with E-state index in [-0.39, 0.29) is 0 Å². The molecule has 112 valence electrons. The molecule has 0 radical (unpaired) electrons. The number of pyridine rings is 1. The summed E-state index contributed by atoms with van der Waals surface area (Å²) in [5, 5.41) is 3.90. The van der Waals surface area contributed by atoms with Crippen LogP contribution in [0.3, 0.4) is 0 Å². The Kier molecular flexibility index (Phi) is 3.74. The summed E-state index contributed by atoms with van der Waals surface area (Å²) in [4.78, 5) is 8.72. The molecular formula is C16H15N3O3. The number of hydrogen-bond acceptors (Lipinski definition) is 6. The zero-order chi connectivity index (χ0) is 15.5. The molecular weight excluding hydrogens is 282 g/mol. The van der Waals surface area contributed by atoms with Crippen LogP contribution >= 0.6 is 0 Å². The average molecular weight is 297 g/mol. The van der Waals surface area contributed by atoms with E-state index in [1.54, 1.807) is 21.1 Å². The highest BCUT2D eigenvalue weighted by Crippen LogP contribution is 2.30. The van der Waals surface area contributed by atoms with E-state index in [4.69, 9.17) is 14.0 Å². The molecule has 6 nitrogen and oxygen atoms in total. The molecule has 2 heterocycles. The van der Waals surface area contributed by atoms with E-state index < -0.39 is 0 Å². The van der Waals surface area contributed by atoms with Crippen molar-refractivity contribution in [3.05, 3.63) is 42.3 Å². The maximum Gasteiger partial charge on any atom is 0.225 e. The van der Waals surface area contributed by atoms with Crippen LogP contribution in [0.25, 0.3) is 22.6 Å².